The summed E-state index contributed by atoms with van der Waals surface area (Å²) < 4.78 is 40.8. The number of halogens is 3. The van der Waals surface area contributed by atoms with Crippen LogP contribution in [0.2, 0.25) is 0 Å². The second kappa shape index (κ2) is 6.31. The van der Waals surface area contributed by atoms with Crippen LogP contribution in [-0.4, -0.2) is 20.7 Å². The van der Waals surface area contributed by atoms with Crippen LogP contribution in [0.3, 0.4) is 0 Å². The molecule has 4 saturated carbocycles. The van der Waals surface area contributed by atoms with Gasteiger partial charge >= 0.3 is 6.18 Å². The van der Waals surface area contributed by atoms with Gasteiger partial charge in [0.2, 0.25) is 5.91 Å². The summed E-state index contributed by atoms with van der Waals surface area (Å²) in [5.74, 6) is 0.938. The van der Waals surface area contributed by atoms with Crippen LogP contribution in [0.25, 0.3) is 0 Å². The molecular formula is C21H23F3N4O. The molecule has 4 aliphatic rings. The van der Waals surface area contributed by atoms with Crippen molar-refractivity contribution in [3.8, 4) is 0 Å². The van der Waals surface area contributed by atoms with E-state index in [0.29, 0.717) is 17.4 Å². The Bertz CT molecular complexity index is 910. The third-order valence-corrected chi connectivity index (χ3v) is 7.12. The summed E-state index contributed by atoms with van der Waals surface area (Å²) in [4.78, 5) is 17.4. The van der Waals surface area contributed by atoms with Crippen molar-refractivity contribution in [2.75, 3.05) is 0 Å². The van der Waals surface area contributed by atoms with Crippen molar-refractivity contribution in [2.45, 2.75) is 56.8 Å². The quantitative estimate of drug-likeness (QED) is 0.841. The predicted molar refractivity (Wildman–Crippen MR) is 98.4 cm³/mol. The molecule has 2 atom stereocenters. The van der Waals surface area contributed by atoms with E-state index in [1.807, 2.05) is 4.68 Å². The SMILES string of the molecule is O=C(NCc1cccc(C(F)(F)F)c1)C12CC3CC(C1)CC(n1cncn1)(C3)C2. The van der Waals surface area contributed by atoms with Crippen molar-refractivity contribution in [3.05, 3.63) is 48.0 Å². The summed E-state index contributed by atoms with van der Waals surface area (Å²) in [6, 6.07) is 5.16. The molecule has 1 heterocycles. The number of hydrogen-bond donors (Lipinski definition) is 1. The summed E-state index contributed by atoms with van der Waals surface area (Å²) in [6.07, 6.45) is 4.54. The number of alkyl halides is 3. The Balaban J connectivity index is 1.35. The maximum atomic E-state index is 13.3. The van der Waals surface area contributed by atoms with Crippen molar-refractivity contribution < 1.29 is 18.0 Å². The van der Waals surface area contributed by atoms with E-state index in [4.69, 9.17) is 0 Å². The average Bonchev–Trinajstić information content (AvgIpc) is 3.20. The molecule has 1 aromatic heterocycles. The van der Waals surface area contributed by atoms with E-state index in [-0.39, 0.29) is 18.0 Å². The van der Waals surface area contributed by atoms with Gasteiger partial charge < -0.3 is 5.32 Å². The number of carbonyl (C=O) groups is 1. The first-order valence-corrected chi connectivity index (χ1v) is 10.1. The average molecular weight is 404 g/mol. The maximum absolute atomic E-state index is 13.3. The van der Waals surface area contributed by atoms with Crippen LogP contribution < -0.4 is 5.32 Å². The van der Waals surface area contributed by atoms with Gasteiger partial charge in [0.1, 0.15) is 12.7 Å². The van der Waals surface area contributed by atoms with Crippen molar-refractivity contribution in [2.24, 2.45) is 17.3 Å². The molecule has 2 aromatic rings. The number of hydrogen-bond acceptors (Lipinski definition) is 3. The van der Waals surface area contributed by atoms with E-state index in [9.17, 15) is 18.0 Å². The van der Waals surface area contributed by atoms with E-state index < -0.39 is 17.2 Å². The first kappa shape index (κ1) is 18.6. The molecule has 154 valence electrons. The molecule has 6 rings (SSSR count). The lowest BCUT2D eigenvalue weighted by molar-refractivity contribution is -0.156. The Morgan fingerprint density at radius 3 is 2.62 bits per heavy atom. The molecule has 29 heavy (non-hydrogen) atoms. The van der Waals surface area contributed by atoms with Crippen LogP contribution in [0.1, 0.15) is 49.7 Å². The van der Waals surface area contributed by atoms with E-state index in [1.165, 1.54) is 6.07 Å². The Morgan fingerprint density at radius 2 is 1.97 bits per heavy atom. The van der Waals surface area contributed by atoms with Gasteiger partial charge in [0.15, 0.2) is 0 Å². The van der Waals surface area contributed by atoms with Crippen molar-refractivity contribution >= 4 is 5.91 Å². The normalized spacial score (nSPS) is 33.1. The molecule has 1 amide bonds. The summed E-state index contributed by atoms with van der Waals surface area (Å²) in [6.45, 7) is 0.107. The summed E-state index contributed by atoms with van der Waals surface area (Å²) in [5.41, 5.74) is -0.848. The van der Waals surface area contributed by atoms with Gasteiger partial charge in [0, 0.05) is 6.54 Å². The Hall–Kier alpha value is -2.38. The van der Waals surface area contributed by atoms with Gasteiger partial charge in [0.05, 0.1) is 16.5 Å². The Kier molecular flexibility index (Phi) is 4.05. The van der Waals surface area contributed by atoms with Crippen LogP contribution in [0.15, 0.2) is 36.9 Å². The molecule has 8 heteroatoms. The van der Waals surface area contributed by atoms with Gasteiger partial charge in [-0.25, -0.2) is 9.67 Å². The zero-order chi connectivity index (χ0) is 20.3. The van der Waals surface area contributed by atoms with Crippen molar-refractivity contribution in [1.29, 1.82) is 0 Å². The maximum Gasteiger partial charge on any atom is 0.416 e. The highest BCUT2D eigenvalue weighted by Crippen LogP contribution is 2.64. The molecule has 1 aromatic carbocycles. The molecule has 0 aliphatic heterocycles. The molecular weight excluding hydrogens is 381 g/mol. The second-order valence-electron chi connectivity index (χ2n) is 9.19. The number of nitrogens with one attached hydrogen (secondary N) is 1. The third-order valence-electron chi connectivity index (χ3n) is 7.12. The van der Waals surface area contributed by atoms with Gasteiger partial charge in [-0.1, -0.05) is 12.1 Å². The molecule has 4 bridgehead atoms. The Morgan fingerprint density at radius 1 is 1.21 bits per heavy atom. The lowest BCUT2D eigenvalue weighted by Gasteiger charge is -2.60. The molecule has 0 saturated heterocycles. The fourth-order valence-corrected chi connectivity index (χ4v) is 6.43. The predicted octanol–water partition coefficient (Wildman–Crippen LogP) is 3.91. The second-order valence-corrected chi connectivity index (χ2v) is 9.19. The Labute approximate surface area is 166 Å². The third kappa shape index (κ3) is 3.13. The van der Waals surface area contributed by atoms with Gasteiger partial charge in [0.25, 0.3) is 0 Å². The number of carbonyl (C=O) groups excluding carboxylic acids is 1. The largest absolute Gasteiger partial charge is 0.416 e. The van der Waals surface area contributed by atoms with Gasteiger partial charge in [-0.2, -0.15) is 18.3 Å². The fourth-order valence-electron chi connectivity index (χ4n) is 6.43. The molecule has 4 fully saturated rings. The molecule has 4 aliphatic carbocycles. The fraction of sp³-hybridized carbons (Fsp3) is 0.571. The number of rotatable bonds is 4. The van der Waals surface area contributed by atoms with E-state index in [2.05, 4.69) is 15.4 Å². The lowest BCUT2D eigenvalue weighted by Crippen LogP contribution is -2.61. The molecule has 0 spiro atoms. The van der Waals surface area contributed by atoms with Crippen molar-refractivity contribution in [1.82, 2.24) is 20.1 Å². The highest BCUT2D eigenvalue weighted by Gasteiger charge is 2.61. The molecule has 5 nitrogen and oxygen atoms in total. The zero-order valence-electron chi connectivity index (χ0n) is 16.0. The highest BCUT2D eigenvalue weighted by atomic mass is 19.4. The smallest absolute Gasteiger partial charge is 0.352 e. The van der Waals surface area contributed by atoms with Crippen LogP contribution in [-0.2, 0) is 23.1 Å². The summed E-state index contributed by atoms with van der Waals surface area (Å²) in [7, 11) is 0. The topological polar surface area (TPSA) is 59.8 Å². The summed E-state index contributed by atoms with van der Waals surface area (Å²) in [5, 5.41) is 7.34. The first-order chi connectivity index (χ1) is 13.8. The van der Waals surface area contributed by atoms with Crippen LogP contribution in [0, 0.1) is 17.3 Å². The number of benzene rings is 1. The van der Waals surface area contributed by atoms with Crippen LogP contribution >= 0.6 is 0 Å². The zero-order valence-corrected chi connectivity index (χ0v) is 16.0. The molecule has 2 unspecified atom stereocenters. The molecule has 0 radical (unpaired) electrons. The number of nitrogens with zero attached hydrogens (tertiary/aromatic N) is 3. The first-order valence-electron chi connectivity index (χ1n) is 10.1. The number of amides is 1. The van der Waals surface area contributed by atoms with Gasteiger partial charge in [-0.05, 0) is 68.1 Å². The van der Waals surface area contributed by atoms with Crippen molar-refractivity contribution in [3.63, 3.8) is 0 Å². The molecule has 1 N–H and O–H groups in total. The van der Waals surface area contributed by atoms with E-state index in [1.54, 1.807) is 18.7 Å². The van der Waals surface area contributed by atoms with E-state index >= 15 is 0 Å². The minimum atomic E-state index is -4.38. The highest BCUT2D eigenvalue weighted by molar-refractivity contribution is 5.83. The monoisotopic (exact) mass is 404 g/mol. The van der Waals surface area contributed by atoms with Crippen LogP contribution in [0.5, 0.6) is 0 Å². The lowest BCUT2D eigenvalue weighted by atomic mass is 9.46. The minimum Gasteiger partial charge on any atom is -0.352 e. The van der Waals surface area contributed by atoms with Gasteiger partial charge in [-0.15, -0.1) is 0 Å². The standard InChI is InChI=1S/C21H23F3N4O/c22-21(23,24)17-3-1-2-14(5-17)10-26-18(29)19-6-15-4-16(7-19)9-20(8-15,11-19)28-13-25-12-27-28/h1-3,5,12-13,15-16H,4,6-11H2,(H,26,29). The van der Waals surface area contributed by atoms with E-state index in [0.717, 1.165) is 50.7 Å². The number of aromatic nitrogens is 3. The summed E-state index contributed by atoms with van der Waals surface area (Å²) >= 11 is 0. The van der Waals surface area contributed by atoms with Crippen LogP contribution in [0.4, 0.5) is 13.2 Å². The minimum absolute atomic E-state index is 0.0338. The van der Waals surface area contributed by atoms with Gasteiger partial charge in [-0.3, -0.25) is 4.79 Å².